The Labute approximate surface area is 208 Å². The van der Waals surface area contributed by atoms with Gasteiger partial charge in [-0.2, -0.15) is 5.10 Å². The van der Waals surface area contributed by atoms with Crippen LogP contribution in [0.1, 0.15) is 45.7 Å². The highest BCUT2D eigenvalue weighted by molar-refractivity contribution is 5.94. The molecule has 9 heteroatoms. The van der Waals surface area contributed by atoms with E-state index >= 15 is 0 Å². The number of nitrogens with zero attached hydrogens (tertiary/aromatic N) is 3. The van der Waals surface area contributed by atoms with Crippen LogP contribution in [0.4, 0.5) is 8.78 Å². The van der Waals surface area contributed by atoms with Gasteiger partial charge < -0.3 is 15.0 Å². The Bertz CT molecular complexity index is 1260. The fourth-order valence-electron chi connectivity index (χ4n) is 4.58. The predicted octanol–water partition coefficient (Wildman–Crippen LogP) is 3.43. The summed E-state index contributed by atoms with van der Waals surface area (Å²) in [7, 11) is 1.63. The van der Waals surface area contributed by atoms with E-state index in [1.807, 2.05) is 28.9 Å². The molecule has 5 rings (SSSR count). The third-order valence-corrected chi connectivity index (χ3v) is 6.66. The van der Waals surface area contributed by atoms with E-state index in [9.17, 15) is 18.4 Å². The molecule has 2 aliphatic rings. The molecule has 1 saturated carbocycles. The average molecular weight is 495 g/mol. The summed E-state index contributed by atoms with van der Waals surface area (Å²) in [5.41, 5.74) is 3.45. The maximum atomic E-state index is 13.6. The van der Waals surface area contributed by atoms with Crippen molar-refractivity contribution in [1.82, 2.24) is 20.0 Å². The molecule has 1 aliphatic heterocycles. The maximum absolute atomic E-state index is 13.6. The molecule has 0 unspecified atom stereocenters. The molecule has 2 aromatic carbocycles. The summed E-state index contributed by atoms with van der Waals surface area (Å²) < 4.78 is 34.3. The summed E-state index contributed by atoms with van der Waals surface area (Å²) in [4.78, 5) is 27.6. The van der Waals surface area contributed by atoms with Crippen LogP contribution in [0.15, 0.2) is 42.5 Å². The molecular formula is C27H28F2N4O3. The fourth-order valence-corrected chi connectivity index (χ4v) is 4.58. The quantitative estimate of drug-likeness (QED) is 0.521. The minimum Gasteiger partial charge on any atom is -0.497 e. The van der Waals surface area contributed by atoms with Crippen LogP contribution >= 0.6 is 0 Å². The highest BCUT2D eigenvalue weighted by Gasteiger charge is 2.32. The van der Waals surface area contributed by atoms with Crippen LogP contribution in [-0.2, 0) is 37.1 Å². The van der Waals surface area contributed by atoms with Crippen LogP contribution in [0, 0.1) is 11.6 Å². The van der Waals surface area contributed by atoms with Crippen molar-refractivity contribution in [2.75, 3.05) is 13.7 Å². The number of methoxy groups -OCH3 is 1. The molecule has 3 aromatic rings. The first-order valence-electron chi connectivity index (χ1n) is 12.1. The number of fused-ring (bicyclic) bond motifs is 1. The van der Waals surface area contributed by atoms with E-state index in [1.54, 1.807) is 12.0 Å². The van der Waals surface area contributed by atoms with Gasteiger partial charge in [0.2, 0.25) is 5.91 Å². The number of halogens is 2. The van der Waals surface area contributed by atoms with Crippen LogP contribution in [0.25, 0.3) is 0 Å². The molecule has 2 heterocycles. The number of nitrogens with one attached hydrogen (secondary N) is 1. The maximum Gasteiger partial charge on any atom is 0.272 e. The minimum absolute atomic E-state index is 0.112. The zero-order chi connectivity index (χ0) is 25.2. The van der Waals surface area contributed by atoms with Crippen molar-refractivity contribution in [2.45, 2.75) is 51.2 Å². The van der Waals surface area contributed by atoms with Crippen LogP contribution in [0.3, 0.4) is 0 Å². The molecule has 0 spiro atoms. The van der Waals surface area contributed by atoms with Gasteiger partial charge >= 0.3 is 0 Å². The van der Waals surface area contributed by atoms with Crippen LogP contribution < -0.4 is 10.1 Å². The average Bonchev–Trinajstić information content (AvgIpc) is 3.60. The largest absolute Gasteiger partial charge is 0.497 e. The first-order valence-corrected chi connectivity index (χ1v) is 12.1. The molecule has 1 fully saturated rings. The van der Waals surface area contributed by atoms with E-state index in [0.29, 0.717) is 25.2 Å². The molecular weight excluding hydrogens is 466 g/mol. The summed E-state index contributed by atoms with van der Waals surface area (Å²) >= 11 is 0. The number of ether oxygens (including phenoxy) is 1. The number of hydrogen-bond donors (Lipinski definition) is 1. The van der Waals surface area contributed by atoms with Crippen molar-refractivity contribution in [3.05, 3.63) is 82.2 Å². The molecule has 7 nitrogen and oxygen atoms in total. The molecule has 0 radical (unpaired) electrons. The number of aromatic nitrogens is 2. The molecule has 36 heavy (non-hydrogen) atoms. The summed E-state index contributed by atoms with van der Waals surface area (Å²) in [6, 6.07) is 11.1. The van der Waals surface area contributed by atoms with Crippen LogP contribution in [0.2, 0.25) is 0 Å². The lowest BCUT2D eigenvalue weighted by atomic mass is 10.0. The summed E-state index contributed by atoms with van der Waals surface area (Å²) in [5.74, 6) is -1.10. The van der Waals surface area contributed by atoms with E-state index < -0.39 is 11.6 Å². The Morgan fingerprint density at radius 1 is 1.08 bits per heavy atom. The van der Waals surface area contributed by atoms with Crippen molar-refractivity contribution in [1.29, 1.82) is 0 Å². The normalized spacial score (nSPS) is 14.9. The lowest BCUT2D eigenvalue weighted by molar-refractivity contribution is -0.131. The highest BCUT2D eigenvalue weighted by Crippen LogP contribution is 2.26. The fraction of sp³-hybridized carbons (Fsp3) is 0.370. The second-order valence-electron chi connectivity index (χ2n) is 9.36. The van der Waals surface area contributed by atoms with E-state index in [-0.39, 0.29) is 36.4 Å². The lowest BCUT2D eigenvalue weighted by Gasteiger charge is -2.28. The molecule has 0 bridgehead atoms. The predicted molar refractivity (Wildman–Crippen MR) is 129 cm³/mol. The Hall–Kier alpha value is -3.75. The van der Waals surface area contributed by atoms with Crippen molar-refractivity contribution >= 4 is 11.8 Å². The standard InChI is InChI=1S/C27H28F2N4O3/c1-36-22-6-2-17(3-7-22)8-11-33-24-9-10-32(25(34)14-18-12-19(28)15-20(29)13-18)16-23(24)26(31-33)27(35)30-21-4-5-21/h2-3,6-7,12-13,15,21H,4-5,8-11,14,16H2,1H3,(H,30,35). The number of rotatable bonds is 8. The van der Waals surface area contributed by atoms with Gasteiger partial charge in [0, 0.05) is 49.4 Å². The summed E-state index contributed by atoms with van der Waals surface area (Å²) in [6.45, 7) is 1.28. The van der Waals surface area contributed by atoms with Gasteiger partial charge in [0.1, 0.15) is 17.4 Å². The first-order chi connectivity index (χ1) is 17.4. The zero-order valence-corrected chi connectivity index (χ0v) is 20.1. The topological polar surface area (TPSA) is 76.5 Å². The Morgan fingerprint density at radius 3 is 2.47 bits per heavy atom. The highest BCUT2D eigenvalue weighted by atomic mass is 19.1. The van der Waals surface area contributed by atoms with E-state index in [2.05, 4.69) is 10.4 Å². The van der Waals surface area contributed by atoms with Gasteiger partial charge in [-0.15, -0.1) is 0 Å². The third kappa shape index (κ3) is 5.40. The van der Waals surface area contributed by atoms with Crippen molar-refractivity contribution < 1.29 is 23.1 Å². The summed E-state index contributed by atoms with van der Waals surface area (Å²) in [5, 5.41) is 7.67. The molecule has 0 atom stereocenters. The number of carbonyl (C=O) groups is 2. The second kappa shape index (κ2) is 10.1. The van der Waals surface area contributed by atoms with E-state index in [1.165, 1.54) is 12.1 Å². The zero-order valence-electron chi connectivity index (χ0n) is 20.1. The number of aryl methyl sites for hydroxylation is 2. The van der Waals surface area contributed by atoms with Gasteiger partial charge in [-0.1, -0.05) is 12.1 Å². The summed E-state index contributed by atoms with van der Waals surface area (Å²) in [6.07, 6.45) is 3.08. The van der Waals surface area contributed by atoms with Crippen molar-refractivity contribution in [2.24, 2.45) is 0 Å². The van der Waals surface area contributed by atoms with E-state index in [0.717, 1.165) is 47.9 Å². The Morgan fingerprint density at radius 2 is 1.81 bits per heavy atom. The molecule has 188 valence electrons. The lowest BCUT2D eigenvalue weighted by Crippen LogP contribution is -2.38. The third-order valence-electron chi connectivity index (χ3n) is 6.66. The number of carbonyl (C=O) groups excluding carboxylic acids is 2. The van der Waals surface area contributed by atoms with E-state index in [4.69, 9.17) is 4.74 Å². The molecule has 2 amide bonds. The molecule has 1 N–H and O–H groups in total. The van der Waals surface area contributed by atoms with Crippen molar-refractivity contribution in [3.63, 3.8) is 0 Å². The first kappa shape index (κ1) is 24.0. The number of hydrogen-bond acceptors (Lipinski definition) is 4. The molecule has 1 aliphatic carbocycles. The van der Waals surface area contributed by atoms with Gasteiger partial charge in [-0.3, -0.25) is 14.3 Å². The molecule has 1 aromatic heterocycles. The van der Waals surface area contributed by atoms with Crippen LogP contribution in [-0.4, -0.2) is 46.2 Å². The van der Waals surface area contributed by atoms with Gasteiger partial charge in [0.25, 0.3) is 5.91 Å². The van der Waals surface area contributed by atoms with Gasteiger partial charge in [-0.25, -0.2) is 8.78 Å². The van der Waals surface area contributed by atoms with Gasteiger partial charge in [0.15, 0.2) is 5.69 Å². The number of benzene rings is 2. The Balaban J connectivity index is 1.34. The minimum atomic E-state index is -0.712. The second-order valence-corrected chi connectivity index (χ2v) is 9.36. The monoisotopic (exact) mass is 494 g/mol. The van der Waals surface area contributed by atoms with Crippen molar-refractivity contribution in [3.8, 4) is 5.75 Å². The van der Waals surface area contributed by atoms with Gasteiger partial charge in [-0.05, 0) is 54.7 Å². The van der Waals surface area contributed by atoms with Gasteiger partial charge in [0.05, 0.1) is 13.5 Å². The van der Waals surface area contributed by atoms with Crippen LogP contribution in [0.5, 0.6) is 5.75 Å². The number of amides is 2. The molecule has 0 saturated heterocycles. The smallest absolute Gasteiger partial charge is 0.272 e. The Kier molecular flexibility index (Phi) is 6.71. The SMILES string of the molecule is COc1ccc(CCn2nc(C(=O)NC3CC3)c3c2CCN(C(=O)Cc2cc(F)cc(F)c2)C3)cc1.